The lowest BCUT2D eigenvalue weighted by Gasteiger charge is -1.98. The Morgan fingerprint density at radius 1 is 1.25 bits per heavy atom. The second kappa shape index (κ2) is 4.87. The maximum Gasteiger partial charge on any atom is 0.0924 e. The Balaban J connectivity index is 2.31. The van der Waals surface area contributed by atoms with Crippen LogP contribution in [0.5, 0.6) is 0 Å². The van der Waals surface area contributed by atoms with E-state index in [9.17, 15) is 0 Å². The minimum absolute atomic E-state index is 0.539. The number of benzene rings is 1. The van der Waals surface area contributed by atoms with E-state index in [1.807, 2.05) is 25.2 Å². The summed E-state index contributed by atoms with van der Waals surface area (Å²) in [7, 11) is 1.89. The molecular weight excluding hydrogens is 245 g/mol. The molecule has 2 rings (SSSR count). The first kappa shape index (κ1) is 11.5. The Bertz CT molecular complexity index is 494. The third kappa shape index (κ3) is 2.38. The predicted octanol–water partition coefficient (Wildman–Crippen LogP) is 3.10. The molecule has 1 aromatic carbocycles. The third-order valence-corrected chi connectivity index (χ3v) is 2.95. The van der Waals surface area contributed by atoms with Gasteiger partial charge in [0.2, 0.25) is 0 Å². The van der Waals surface area contributed by atoms with Crippen molar-refractivity contribution in [1.29, 1.82) is 0 Å². The molecular formula is C11H11Cl2N3. The van der Waals surface area contributed by atoms with Gasteiger partial charge in [-0.2, -0.15) is 5.10 Å². The summed E-state index contributed by atoms with van der Waals surface area (Å²) in [4.78, 5) is 0. The van der Waals surface area contributed by atoms with Crippen molar-refractivity contribution in [2.24, 2.45) is 0 Å². The molecule has 0 fully saturated rings. The number of nitrogens with one attached hydrogen (secondary N) is 2. The van der Waals surface area contributed by atoms with Gasteiger partial charge in [0.1, 0.15) is 0 Å². The summed E-state index contributed by atoms with van der Waals surface area (Å²) in [5, 5.41) is 11.3. The highest BCUT2D eigenvalue weighted by Crippen LogP contribution is 2.27. The van der Waals surface area contributed by atoms with Gasteiger partial charge in [0.05, 0.1) is 15.7 Å². The minimum Gasteiger partial charge on any atom is -0.314 e. The fourth-order valence-electron chi connectivity index (χ4n) is 1.45. The average molecular weight is 256 g/mol. The quantitative estimate of drug-likeness (QED) is 0.885. The van der Waals surface area contributed by atoms with E-state index in [2.05, 4.69) is 15.5 Å². The lowest BCUT2D eigenvalue weighted by molar-refractivity contribution is 0.784. The second-order valence-corrected chi connectivity index (χ2v) is 4.25. The number of nitrogens with zero attached hydrogens (tertiary/aromatic N) is 1. The standard InChI is InChI=1S/C11H11Cl2N3/c1-14-6-8-5-11(16-15-8)7-2-3-9(12)10(13)4-7/h2-5,14H,6H2,1H3,(H,15,16). The number of rotatable bonds is 3. The van der Waals surface area contributed by atoms with E-state index in [-0.39, 0.29) is 0 Å². The Hall–Kier alpha value is -1.03. The lowest BCUT2D eigenvalue weighted by atomic mass is 10.1. The summed E-state index contributed by atoms with van der Waals surface area (Å²) in [6.07, 6.45) is 0. The highest BCUT2D eigenvalue weighted by Gasteiger charge is 2.05. The van der Waals surface area contributed by atoms with Gasteiger partial charge in [-0.05, 0) is 25.2 Å². The van der Waals surface area contributed by atoms with Crippen molar-refractivity contribution >= 4 is 23.2 Å². The molecule has 84 valence electrons. The first-order valence-corrected chi connectivity index (χ1v) is 5.60. The van der Waals surface area contributed by atoms with E-state index in [0.717, 1.165) is 23.5 Å². The number of aromatic amines is 1. The molecule has 0 aliphatic rings. The van der Waals surface area contributed by atoms with E-state index in [1.165, 1.54) is 0 Å². The molecule has 0 aliphatic carbocycles. The van der Waals surface area contributed by atoms with E-state index in [1.54, 1.807) is 6.07 Å². The minimum atomic E-state index is 0.539. The van der Waals surface area contributed by atoms with Gasteiger partial charge in [-0.3, -0.25) is 5.10 Å². The summed E-state index contributed by atoms with van der Waals surface area (Å²) in [6.45, 7) is 0.758. The largest absolute Gasteiger partial charge is 0.314 e. The van der Waals surface area contributed by atoms with Crippen LogP contribution in [0.3, 0.4) is 0 Å². The normalized spacial score (nSPS) is 10.7. The van der Waals surface area contributed by atoms with Crippen molar-refractivity contribution in [2.75, 3.05) is 7.05 Å². The predicted molar refractivity (Wildman–Crippen MR) is 66.8 cm³/mol. The van der Waals surface area contributed by atoms with Crippen LogP contribution in [0.15, 0.2) is 24.3 Å². The summed E-state index contributed by atoms with van der Waals surface area (Å²) in [5.74, 6) is 0. The highest BCUT2D eigenvalue weighted by atomic mass is 35.5. The molecule has 1 heterocycles. The molecule has 2 aromatic rings. The molecule has 0 saturated carbocycles. The Labute approximate surface area is 104 Å². The van der Waals surface area contributed by atoms with Gasteiger partial charge in [0, 0.05) is 17.8 Å². The zero-order valence-electron chi connectivity index (χ0n) is 8.72. The Kier molecular flexibility index (Phi) is 3.49. The zero-order chi connectivity index (χ0) is 11.5. The fraction of sp³-hybridized carbons (Fsp3) is 0.182. The summed E-state index contributed by atoms with van der Waals surface area (Å²) in [6, 6.07) is 7.46. The molecule has 0 saturated heterocycles. The van der Waals surface area contributed by atoms with Gasteiger partial charge in [-0.25, -0.2) is 0 Å². The average Bonchev–Trinajstić information content (AvgIpc) is 2.71. The monoisotopic (exact) mass is 255 g/mol. The molecule has 16 heavy (non-hydrogen) atoms. The third-order valence-electron chi connectivity index (χ3n) is 2.21. The van der Waals surface area contributed by atoms with Gasteiger partial charge >= 0.3 is 0 Å². The summed E-state index contributed by atoms with van der Waals surface area (Å²) >= 11 is 11.8. The van der Waals surface area contributed by atoms with Crippen LogP contribution in [0.2, 0.25) is 10.0 Å². The summed E-state index contributed by atoms with van der Waals surface area (Å²) in [5.41, 5.74) is 2.85. The molecule has 0 amide bonds. The Morgan fingerprint density at radius 2 is 2.06 bits per heavy atom. The Morgan fingerprint density at radius 3 is 2.75 bits per heavy atom. The van der Waals surface area contributed by atoms with E-state index in [4.69, 9.17) is 23.2 Å². The molecule has 0 atom stereocenters. The zero-order valence-corrected chi connectivity index (χ0v) is 10.2. The SMILES string of the molecule is CNCc1cc(-c2ccc(Cl)c(Cl)c2)n[nH]1. The maximum atomic E-state index is 5.95. The van der Waals surface area contributed by atoms with Crippen LogP contribution in [0.1, 0.15) is 5.69 Å². The number of hydrogen-bond acceptors (Lipinski definition) is 2. The molecule has 0 aliphatic heterocycles. The number of halogens is 2. The van der Waals surface area contributed by atoms with Crippen LogP contribution in [0.4, 0.5) is 0 Å². The van der Waals surface area contributed by atoms with Crippen molar-refractivity contribution < 1.29 is 0 Å². The lowest BCUT2D eigenvalue weighted by Crippen LogP contribution is -2.04. The van der Waals surface area contributed by atoms with Gasteiger partial charge in [0.15, 0.2) is 0 Å². The maximum absolute atomic E-state index is 5.95. The molecule has 1 aromatic heterocycles. The van der Waals surface area contributed by atoms with Crippen molar-refractivity contribution in [3.05, 3.63) is 40.0 Å². The van der Waals surface area contributed by atoms with Crippen molar-refractivity contribution in [3.63, 3.8) is 0 Å². The first-order chi connectivity index (χ1) is 7.70. The number of H-pyrrole nitrogens is 1. The van der Waals surface area contributed by atoms with Gasteiger partial charge < -0.3 is 5.32 Å². The van der Waals surface area contributed by atoms with Crippen LogP contribution in [-0.4, -0.2) is 17.2 Å². The molecule has 0 radical (unpaired) electrons. The molecule has 5 heteroatoms. The van der Waals surface area contributed by atoms with Crippen LogP contribution in [0.25, 0.3) is 11.3 Å². The van der Waals surface area contributed by atoms with E-state index >= 15 is 0 Å². The van der Waals surface area contributed by atoms with Crippen molar-refractivity contribution in [3.8, 4) is 11.3 Å². The molecule has 0 unspecified atom stereocenters. The smallest absolute Gasteiger partial charge is 0.0924 e. The van der Waals surface area contributed by atoms with Gasteiger partial charge in [0.25, 0.3) is 0 Å². The number of hydrogen-bond donors (Lipinski definition) is 2. The fourth-order valence-corrected chi connectivity index (χ4v) is 1.74. The second-order valence-electron chi connectivity index (χ2n) is 3.44. The van der Waals surface area contributed by atoms with E-state index in [0.29, 0.717) is 10.0 Å². The topological polar surface area (TPSA) is 40.7 Å². The van der Waals surface area contributed by atoms with Gasteiger partial charge in [-0.15, -0.1) is 0 Å². The summed E-state index contributed by atoms with van der Waals surface area (Å²) < 4.78 is 0. The van der Waals surface area contributed by atoms with Gasteiger partial charge in [-0.1, -0.05) is 29.3 Å². The van der Waals surface area contributed by atoms with Crippen molar-refractivity contribution in [2.45, 2.75) is 6.54 Å². The molecule has 0 bridgehead atoms. The van der Waals surface area contributed by atoms with Crippen LogP contribution in [-0.2, 0) is 6.54 Å². The molecule has 2 N–H and O–H groups in total. The van der Waals surface area contributed by atoms with Crippen LogP contribution < -0.4 is 5.32 Å². The van der Waals surface area contributed by atoms with Crippen LogP contribution >= 0.6 is 23.2 Å². The van der Waals surface area contributed by atoms with Crippen molar-refractivity contribution in [1.82, 2.24) is 15.5 Å². The van der Waals surface area contributed by atoms with E-state index < -0.39 is 0 Å². The first-order valence-electron chi connectivity index (χ1n) is 4.85. The molecule has 3 nitrogen and oxygen atoms in total. The number of aromatic nitrogens is 2. The van der Waals surface area contributed by atoms with Crippen LogP contribution in [0, 0.1) is 0 Å². The molecule has 0 spiro atoms. The highest BCUT2D eigenvalue weighted by molar-refractivity contribution is 6.42.